The molecular formula is C9H15N3O. The van der Waals surface area contributed by atoms with Crippen LogP contribution in [0.3, 0.4) is 0 Å². The zero-order valence-electron chi connectivity index (χ0n) is 7.77. The second kappa shape index (κ2) is 4.79. The summed E-state index contributed by atoms with van der Waals surface area (Å²) in [6.07, 6.45) is 1.76. The number of hydrogen-bond donors (Lipinski definition) is 2. The molecule has 0 radical (unpaired) electrons. The molecule has 72 valence electrons. The summed E-state index contributed by atoms with van der Waals surface area (Å²) in [6, 6.07) is 3.84. The summed E-state index contributed by atoms with van der Waals surface area (Å²) in [7, 11) is 1.91. The van der Waals surface area contributed by atoms with Gasteiger partial charge < -0.3 is 15.7 Å². The van der Waals surface area contributed by atoms with Crippen molar-refractivity contribution in [2.75, 3.05) is 25.1 Å². The van der Waals surface area contributed by atoms with E-state index in [-0.39, 0.29) is 6.61 Å². The van der Waals surface area contributed by atoms with E-state index in [1.807, 2.05) is 24.1 Å². The lowest BCUT2D eigenvalue weighted by molar-refractivity contribution is 0.304. The lowest BCUT2D eigenvalue weighted by Gasteiger charge is -2.17. The van der Waals surface area contributed by atoms with Gasteiger partial charge in [0.15, 0.2) is 0 Å². The molecule has 4 heteroatoms. The van der Waals surface area contributed by atoms with Crippen LogP contribution in [0.15, 0.2) is 18.3 Å². The summed E-state index contributed by atoms with van der Waals surface area (Å²) in [6.45, 7) is 1.22. The van der Waals surface area contributed by atoms with E-state index in [9.17, 15) is 0 Å². The first-order valence-electron chi connectivity index (χ1n) is 4.25. The SMILES string of the molecule is CN(CCO)c1ccc(CN)nc1. The van der Waals surface area contributed by atoms with E-state index < -0.39 is 0 Å². The Morgan fingerprint density at radius 3 is 2.77 bits per heavy atom. The van der Waals surface area contributed by atoms with Crippen LogP contribution in [0.5, 0.6) is 0 Å². The van der Waals surface area contributed by atoms with Gasteiger partial charge in [-0.25, -0.2) is 0 Å². The van der Waals surface area contributed by atoms with Crippen molar-refractivity contribution in [3.05, 3.63) is 24.0 Å². The minimum Gasteiger partial charge on any atom is -0.395 e. The second-order valence-corrected chi connectivity index (χ2v) is 2.86. The molecule has 0 atom stereocenters. The lowest BCUT2D eigenvalue weighted by atomic mass is 10.3. The highest BCUT2D eigenvalue weighted by atomic mass is 16.3. The van der Waals surface area contributed by atoms with E-state index in [0.717, 1.165) is 11.4 Å². The highest BCUT2D eigenvalue weighted by molar-refractivity contribution is 5.43. The Hall–Kier alpha value is -1.13. The molecule has 0 aliphatic carbocycles. The molecule has 3 N–H and O–H groups in total. The van der Waals surface area contributed by atoms with Crippen molar-refractivity contribution in [2.24, 2.45) is 5.73 Å². The number of aliphatic hydroxyl groups is 1. The monoisotopic (exact) mass is 181 g/mol. The first-order valence-corrected chi connectivity index (χ1v) is 4.25. The average Bonchev–Trinajstić information content (AvgIpc) is 2.18. The topological polar surface area (TPSA) is 62.4 Å². The molecule has 0 spiro atoms. The minimum atomic E-state index is 0.148. The van der Waals surface area contributed by atoms with E-state index >= 15 is 0 Å². The molecule has 0 fully saturated rings. The van der Waals surface area contributed by atoms with Crippen molar-refractivity contribution in [3.63, 3.8) is 0 Å². The molecular weight excluding hydrogens is 166 g/mol. The Labute approximate surface area is 78.0 Å². The molecule has 0 aliphatic rings. The van der Waals surface area contributed by atoms with Crippen molar-refractivity contribution in [3.8, 4) is 0 Å². The molecule has 13 heavy (non-hydrogen) atoms. The zero-order valence-corrected chi connectivity index (χ0v) is 7.77. The molecule has 1 aromatic heterocycles. The first-order chi connectivity index (χ1) is 6.27. The van der Waals surface area contributed by atoms with E-state index in [1.165, 1.54) is 0 Å². The molecule has 0 saturated heterocycles. The first kappa shape index (κ1) is 9.95. The van der Waals surface area contributed by atoms with Crippen LogP contribution in [0.4, 0.5) is 5.69 Å². The maximum Gasteiger partial charge on any atom is 0.0606 e. The molecule has 0 bridgehead atoms. The number of likely N-dealkylation sites (N-methyl/N-ethyl adjacent to an activating group) is 1. The van der Waals surface area contributed by atoms with Crippen LogP contribution >= 0.6 is 0 Å². The van der Waals surface area contributed by atoms with Crippen LogP contribution in [0.1, 0.15) is 5.69 Å². The highest BCUT2D eigenvalue weighted by Gasteiger charge is 1.99. The summed E-state index contributed by atoms with van der Waals surface area (Å²) in [5, 5.41) is 8.72. The van der Waals surface area contributed by atoms with Gasteiger partial charge in [-0.05, 0) is 12.1 Å². The summed E-state index contributed by atoms with van der Waals surface area (Å²) in [4.78, 5) is 6.09. The van der Waals surface area contributed by atoms with Crippen molar-refractivity contribution in [1.82, 2.24) is 4.98 Å². The van der Waals surface area contributed by atoms with E-state index in [0.29, 0.717) is 13.1 Å². The third-order valence-electron chi connectivity index (χ3n) is 1.89. The van der Waals surface area contributed by atoms with Gasteiger partial charge in [-0.3, -0.25) is 4.98 Å². The minimum absolute atomic E-state index is 0.148. The number of nitrogens with zero attached hydrogens (tertiary/aromatic N) is 2. The molecule has 1 rings (SSSR count). The van der Waals surface area contributed by atoms with Crippen molar-refractivity contribution in [1.29, 1.82) is 0 Å². The number of aliphatic hydroxyl groups excluding tert-OH is 1. The quantitative estimate of drug-likeness (QED) is 0.684. The fourth-order valence-electron chi connectivity index (χ4n) is 1.04. The average molecular weight is 181 g/mol. The summed E-state index contributed by atoms with van der Waals surface area (Å²) < 4.78 is 0. The Kier molecular flexibility index (Phi) is 3.67. The van der Waals surface area contributed by atoms with Gasteiger partial charge in [0.2, 0.25) is 0 Å². The predicted octanol–water partition coefficient (Wildman–Crippen LogP) is -0.0312. The summed E-state index contributed by atoms with van der Waals surface area (Å²) >= 11 is 0. The third kappa shape index (κ3) is 2.68. The van der Waals surface area contributed by atoms with E-state index in [1.54, 1.807) is 6.20 Å². The Balaban J connectivity index is 2.67. The molecule has 0 amide bonds. The van der Waals surface area contributed by atoms with Crippen LogP contribution in [0, 0.1) is 0 Å². The maximum absolute atomic E-state index is 8.72. The molecule has 4 nitrogen and oxygen atoms in total. The number of hydrogen-bond acceptors (Lipinski definition) is 4. The van der Waals surface area contributed by atoms with Crippen molar-refractivity contribution in [2.45, 2.75) is 6.54 Å². The zero-order chi connectivity index (χ0) is 9.68. The van der Waals surface area contributed by atoms with Crippen LogP contribution in [0.25, 0.3) is 0 Å². The Bertz CT molecular complexity index is 248. The number of nitrogens with two attached hydrogens (primary N) is 1. The Morgan fingerprint density at radius 2 is 2.31 bits per heavy atom. The molecule has 0 unspecified atom stereocenters. The van der Waals surface area contributed by atoms with Crippen molar-refractivity contribution < 1.29 is 5.11 Å². The van der Waals surface area contributed by atoms with Gasteiger partial charge in [-0.1, -0.05) is 0 Å². The van der Waals surface area contributed by atoms with Gasteiger partial charge in [0.25, 0.3) is 0 Å². The van der Waals surface area contributed by atoms with Crippen molar-refractivity contribution >= 4 is 5.69 Å². The summed E-state index contributed by atoms with van der Waals surface area (Å²) in [5.74, 6) is 0. The van der Waals surface area contributed by atoms with Crippen LogP contribution in [-0.2, 0) is 6.54 Å². The molecule has 1 heterocycles. The standard InChI is InChI=1S/C9H15N3O/c1-12(4-5-13)9-3-2-8(6-10)11-7-9/h2-3,7,13H,4-6,10H2,1H3. The van der Waals surface area contributed by atoms with Gasteiger partial charge in [-0.15, -0.1) is 0 Å². The van der Waals surface area contributed by atoms with E-state index in [4.69, 9.17) is 10.8 Å². The lowest BCUT2D eigenvalue weighted by Crippen LogP contribution is -2.21. The number of rotatable bonds is 4. The fourth-order valence-corrected chi connectivity index (χ4v) is 1.04. The van der Waals surface area contributed by atoms with Crippen LogP contribution < -0.4 is 10.6 Å². The van der Waals surface area contributed by atoms with Gasteiger partial charge in [0, 0.05) is 20.1 Å². The van der Waals surface area contributed by atoms with Crippen LogP contribution in [-0.4, -0.2) is 30.3 Å². The number of pyridine rings is 1. The molecule has 0 aromatic carbocycles. The van der Waals surface area contributed by atoms with Crippen LogP contribution in [0.2, 0.25) is 0 Å². The maximum atomic E-state index is 8.72. The molecule has 0 saturated carbocycles. The smallest absolute Gasteiger partial charge is 0.0606 e. The molecule has 1 aromatic rings. The third-order valence-corrected chi connectivity index (χ3v) is 1.89. The Morgan fingerprint density at radius 1 is 1.54 bits per heavy atom. The second-order valence-electron chi connectivity index (χ2n) is 2.86. The number of aromatic nitrogens is 1. The predicted molar refractivity (Wildman–Crippen MR) is 52.5 cm³/mol. The highest BCUT2D eigenvalue weighted by Crippen LogP contribution is 2.10. The van der Waals surface area contributed by atoms with Gasteiger partial charge in [0.1, 0.15) is 0 Å². The normalized spacial score (nSPS) is 10.1. The van der Waals surface area contributed by atoms with Gasteiger partial charge in [-0.2, -0.15) is 0 Å². The molecule has 0 aliphatic heterocycles. The van der Waals surface area contributed by atoms with E-state index in [2.05, 4.69) is 4.98 Å². The number of anilines is 1. The van der Waals surface area contributed by atoms with Gasteiger partial charge >= 0.3 is 0 Å². The fraction of sp³-hybridized carbons (Fsp3) is 0.444. The van der Waals surface area contributed by atoms with Gasteiger partial charge in [0.05, 0.1) is 24.2 Å². The largest absolute Gasteiger partial charge is 0.395 e. The summed E-state index contributed by atoms with van der Waals surface area (Å²) in [5.41, 5.74) is 7.29.